The van der Waals surface area contributed by atoms with Gasteiger partial charge in [0, 0.05) is 5.69 Å². The van der Waals surface area contributed by atoms with Gasteiger partial charge in [0.15, 0.2) is 0 Å². The molecule has 0 radical (unpaired) electrons. The molecular formula is C15H12FN3O. The van der Waals surface area contributed by atoms with Crippen molar-refractivity contribution < 1.29 is 9.18 Å². The first kappa shape index (κ1) is 13.6. The molecule has 20 heavy (non-hydrogen) atoms. The second-order valence-electron chi connectivity index (χ2n) is 4.35. The molecule has 0 bridgehead atoms. The van der Waals surface area contributed by atoms with Crippen molar-refractivity contribution in [2.75, 3.05) is 11.1 Å². The number of nitrogen functional groups attached to an aromatic ring is 1. The van der Waals surface area contributed by atoms with E-state index < -0.39 is 11.7 Å². The Bertz CT molecular complexity index is 720. The zero-order chi connectivity index (χ0) is 14.7. The topological polar surface area (TPSA) is 78.9 Å². The number of hydrogen-bond acceptors (Lipinski definition) is 3. The number of amides is 1. The van der Waals surface area contributed by atoms with Gasteiger partial charge in [-0.2, -0.15) is 5.26 Å². The summed E-state index contributed by atoms with van der Waals surface area (Å²) in [6.45, 7) is 1.87. The summed E-state index contributed by atoms with van der Waals surface area (Å²) in [7, 11) is 0. The number of halogens is 1. The van der Waals surface area contributed by atoms with Crippen LogP contribution >= 0.6 is 0 Å². The van der Waals surface area contributed by atoms with Crippen LogP contribution in [0.2, 0.25) is 0 Å². The second-order valence-corrected chi connectivity index (χ2v) is 4.35. The molecule has 3 N–H and O–H groups in total. The Morgan fingerprint density at radius 1 is 1.30 bits per heavy atom. The minimum Gasteiger partial charge on any atom is -0.398 e. The highest BCUT2D eigenvalue weighted by atomic mass is 19.1. The van der Waals surface area contributed by atoms with Gasteiger partial charge >= 0.3 is 0 Å². The zero-order valence-electron chi connectivity index (χ0n) is 10.8. The summed E-state index contributed by atoms with van der Waals surface area (Å²) < 4.78 is 13.0. The lowest BCUT2D eigenvalue weighted by molar-refractivity contribution is 0.102. The van der Waals surface area contributed by atoms with Crippen LogP contribution < -0.4 is 11.1 Å². The molecule has 0 aliphatic carbocycles. The van der Waals surface area contributed by atoms with Gasteiger partial charge in [-0.25, -0.2) is 4.39 Å². The number of carbonyl (C=O) groups excluding carboxylic acids is 1. The predicted molar refractivity (Wildman–Crippen MR) is 74.7 cm³/mol. The molecule has 0 unspecified atom stereocenters. The van der Waals surface area contributed by atoms with Gasteiger partial charge in [-0.3, -0.25) is 4.79 Å². The van der Waals surface area contributed by atoms with Crippen molar-refractivity contribution in [3.05, 3.63) is 58.9 Å². The number of nitrogens with two attached hydrogens (primary N) is 1. The summed E-state index contributed by atoms with van der Waals surface area (Å²) in [4.78, 5) is 12.1. The third-order valence-corrected chi connectivity index (χ3v) is 2.80. The molecule has 1 amide bonds. The van der Waals surface area contributed by atoms with Crippen molar-refractivity contribution in [3.63, 3.8) is 0 Å². The van der Waals surface area contributed by atoms with Crippen molar-refractivity contribution in [2.45, 2.75) is 6.92 Å². The van der Waals surface area contributed by atoms with E-state index in [2.05, 4.69) is 5.32 Å². The number of nitriles is 1. The van der Waals surface area contributed by atoms with E-state index in [9.17, 15) is 9.18 Å². The van der Waals surface area contributed by atoms with Gasteiger partial charge in [-0.15, -0.1) is 0 Å². The number of hydrogen-bond donors (Lipinski definition) is 2. The van der Waals surface area contributed by atoms with Crippen LogP contribution in [-0.4, -0.2) is 5.91 Å². The van der Waals surface area contributed by atoms with E-state index in [0.717, 1.165) is 11.6 Å². The molecule has 2 aromatic carbocycles. The Kier molecular flexibility index (Phi) is 3.67. The van der Waals surface area contributed by atoms with Crippen LogP contribution in [0.1, 0.15) is 21.5 Å². The molecule has 2 rings (SSSR count). The van der Waals surface area contributed by atoms with Gasteiger partial charge < -0.3 is 11.1 Å². The molecule has 2 aromatic rings. The highest BCUT2D eigenvalue weighted by Gasteiger charge is 2.12. The number of rotatable bonds is 2. The summed E-state index contributed by atoms with van der Waals surface area (Å²) in [6.07, 6.45) is 0. The fourth-order valence-electron chi connectivity index (χ4n) is 1.80. The lowest BCUT2D eigenvalue weighted by Crippen LogP contribution is -2.15. The van der Waals surface area contributed by atoms with Crippen molar-refractivity contribution in [2.24, 2.45) is 0 Å². The fourth-order valence-corrected chi connectivity index (χ4v) is 1.80. The Morgan fingerprint density at radius 2 is 2.05 bits per heavy atom. The number of benzene rings is 2. The first-order valence-corrected chi connectivity index (χ1v) is 5.88. The number of aryl methyl sites for hydroxylation is 1. The molecule has 4 nitrogen and oxygen atoms in total. The predicted octanol–water partition coefficient (Wildman–Crippen LogP) is 2.84. The summed E-state index contributed by atoms with van der Waals surface area (Å²) >= 11 is 0. The van der Waals surface area contributed by atoms with E-state index in [1.165, 1.54) is 12.1 Å². The summed E-state index contributed by atoms with van der Waals surface area (Å²) in [6, 6.07) is 10.5. The van der Waals surface area contributed by atoms with Crippen molar-refractivity contribution in [1.82, 2.24) is 0 Å². The van der Waals surface area contributed by atoms with Crippen molar-refractivity contribution in [3.8, 4) is 6.07 Å². The Hall–Kier alpha value is -2.87. The molecular weight excluding hydrogens is 257 g/mol. The Morgan fingerprint density at radius 3 is 2.70 bits per heavy atom. The van der Waals surface area contributed by atoms with Crippen LogP contribution in [0.5, 0.6) is 0 Å². The van der Waals surface area contributed by atoms with Crippen LogP contribution in [0.25, 0.3) is 0 Å². The average molecular weight is 269 g/mol. The first-order valence-electron chi connectivity index (χ1n) is 5.88. The average Bonchev–Trinajstić information content (AvgIpc) is 2.40. The van der Waals surface area contributed by atoms with E-state index >= 15 is 0 Å². The van der Waals surface area contributed by atoms with Gasteiger partial charge in [0.05, 0.1) is 16.8 Å². The Balaban J connectivity index is 2.31. The monoisotopic (exact) mass is 269 g/mol. The number of nitrogens with zero attached hydrogens (tertiary/aromatic N) is 1. The number of nitrogens with one attached hydrogen (secondary N) is 1. The molecule has 0 spiro atoms. The number of anilines is 2. The minimum absolute atomic E-state index is 0.0593. The van der Waals surface area contributed by atoms with E-state index in [4.69, 9.17) is 11.0 Å². The smallest absolute Gasteiger partial charge is 0.257 e. The quantitative estimate of drug-likeness (QED) is 0.823. The maximum absolute atomic E-state index is 13.0. The highest BCUT2D eigenvalue weighted by Crippen LogP contribution is 2.19. The van der Waals surface area contributed by atoms with Gasteiger partial charge in [-0.1, -0.05) is 6.07 Å². The largest absolute Gasteiger partial charge is 0.398 e. The molecule has 0 heterocycles. The first-order chi connectivity index (χ1) is 9.51. The van der Waals surface area contributed by atoms with Crippen LogP contribution in [0.15, 0.2) is 36.4 Å². The molecule has 100 valence electrons. The SMILES string of the molecule is Cc1ccc(C(=O)Nc2ccc(F)cc2C#N)c(N)c1. The third-order valence-electron chi connectivity index (χ3n) is 2.80. The second kappa shape index (κ2) is 5.41. The molecule has 5 heteroatoms. The van der Waals surface area contributed by atoms with Crippen LogP contribution in [0.3, 0.4) is 0 Å². The lowest BCUT2D eigenvalue weighted by atomic mass is 10.1. The standard InChI is InChI=1S/C15H12FN3O/c1-9-2-4-12(13(18)6-9)15(20)19-14-5-3-11(16)7-10(14)8-17/h2-7H,18H2,1H3,(H,19,20). The van der Waals surface area contributed by atoms with E-state index in [-0.39, 0.29) is 11.3 Å². The third kappa shape index (κ3) is 2.75. The maximum atomic E-state index is 13.0. The zero-order valence-corrected chi connectivity index (χ0v) is 10.8. The molecule has 0 atom stereocenters. The van der Waals surface area contributed by atoms with Gasteiger partial charge in [-0.05, 0) is 42.8 Å². The fraction of sp³-hybridized carbons (Fsp3) is 0.0667. The normalized spacial score (nSPS) is 9.85. The van der Waals surface area contributed by atoms with E-state index in [1.807, 2.05) is 13.0 Å². The van der Waals surface area contributed by atoms with Crippen molar-refractivity contribution >= 4 is 17.3 Å². The van der Waals surface area contributed by atoms with Gasteiger partial charge in [0.2, 0.25) is 0 Å². The van der Waals surface area contributed by atoms with Crippen LogP contribution in [0, 0.1) is 24.1 Å². The Labute approximate surface area is 115 Å². The summed E-state index contributed by atoms with van der Waals surface area (Å²) in [5.41, 5.74) is 7.70. The molecule has 0 aliphatic heterocycles. The molecule has 0 aliphatic rings. The lowest BCUT2D eigenvalue weighted by Gasteiger charge is -2.09. The van der Waals surface area contributed by atoms with Crippen LogP contribution in [0.4, 0.5) is 15.8 Å². The molecule has 0 saturated carbocycles. The van der Waals surface area contributed by atoms with Gasteiger partial charge in [0.25, 0.3) is 5.91 Å². The highest BCUT2D eigenvalue weighted by molar-refractivity contribution is 6.08. The molecule has 0 saturated heterocycles. The van der Waals surface area contributed by atoms with Gasteiger partial charge in [0.1, 0.15) is 11.9 Å². The van der Waals surface area contributed by atoms with E-state index in [0.29, 0.717) is 11.3 Å². The summed E-state index contributed by atoms with van der Waals surface area (Å²) in [5, 5.41) is 11.5. The van der Waals surface area contributed by atoms with Crippen molar-refractivity contribution in [1.29, 1.82) is 5.26 Å². The number of carbonyl (C=O) groups is 1. The molecule has 0 fully saturated rings. The van der Waals surface area contributed by atoms with Crippen LogP contribution in [-0.2, 0) is 0 Å². The summed E-state index contributed by atoms with van der Waals surface area (Å²) in [5.74, 6) is -0.972. The molecule has 0 aromatic heterocycles. The van der Waals surface area contributed by atoms with E-state index in [1.54, 1.807) is 18.2 Å². The maximum Gasteiger partial charge on any atom is 0.257 e. The minimum atomic E-state index is -0.533.